The van der Waals surface area contributed by atoms with Gasteiger partial charge in [0.2, 0.25) is 0 Å². The number of nitrogens with one attached hydrogen (secondary N) is 1. The topological polar surface area (TPSA) is 57.1 Å². The predicted molar refractivity (Wildman–Crippen MR) is 100 cm³/mol. The number of hydrogen-bond acceptors (Lipinski definition) is 3. The number of halogens is 4. The van der Waals surface area contributed by atoms with E-state index >= 15 is 0 Å². The maximum absolute atomic E-state index is 12.9. The third-order valence-electron chi connectivity index (χ3n) is 3.65. The normalized spacial score (nSPS) is 18.7. The number of ether oxygens (including phenoxy) is 1. The zero-order valence-corrected chi connectivity index (χ0v) is 16.3. The summed E-state index contributed by atoms with van der Waals surface area (Å²) in [5.41, 5.74) is -0.186. The van der Waals surface area contributed by atoms with Crippen LogP contribution in [-0.4, -0.2) is 55.4 Å². The van der Waals surface area contributed by atoms with E-state index in [-0.39, 0.29) is 37.1 Å². The third-order valence-corrected chi connectivity index (χ3v) is 3.65. The van der Waals surface area contributed by atoms with Crippen LogP contribution in [0.2, 0.25) is 0 Å². The van der Waals surface area contributed by atoms with Gasteiger partial charge in [-0.2, -0.15) is 13.2 Å². The molecule has 1 atom stereocenters. The number of alkyl halides is 3. The molecule has 0 saturated carbocycles. The van der Waals surface area contributed by atoms with E-state index in [1.165, 1.54) is 6.07 Å². The first kappa shape index (κ1) is 22.0. The molecule has 1 unspecified atom stereocenters. The number of guanidine groups is 1. The van der Waals surface area contributed by atoms with Gasteiger partial charge in [-0.05, 0) is 24.6 Å². The van der Waals surface area contributed by atoms with Crippen molar-refractivity contribution in [2.75, 3.05) is 39.4 Å². The summed E-state index contributed by atoms with van der Waals surface area (Å²) in [4.78, 5) is 6.22. The summed E-state index contributed by atoms with van der Waals surface area (Å²) >= 11 is 0. The Labute approximate surface area is 162 Å². The van der Waals surface area contributed by atoms with Crippen molar-refractivity contribution in [2.45, 2.75) is 19.2 Å². The van der Waals surface area contributed by atoms with Crippen molar-refractivity contribution in [1.29, 1.82) is 0 Å². The number of hydrogen-bond donors (Lipinski definition) is 2. The molecule has 1 aliphatic heterocycles. The molecule has 2 N–H and O–H groups in total. The second-order valence-corrected chi connectivity index (χ2v) is 5.39. The molecule has 5 nitrogen and oxygen atoms in total. The van der Waals surface area contributed by atoms with Crippen LogP contribution >= 0.6 is 24.0 Å². The lowest BCUT2D eigenvalue weighted by atomic mass is 10.0. The SMILES string of the molecule is CCNC(=NCCO)N1CCOC(c2cccc(C(F)(F)F)c2)C1.I. The monoisotopic (exact) mass is 473 g/mol. The van der Waals surface area contributed by atoms with Gasteiger partial charge in [0.25, 0.3) is 0 Å². The van der Waals surface area contributed by atoms with Crippen molar-refractivity contribution < 1.29 is 23.0 Å². The predicted octanol–water partition coefficient (Wildman–Crippen LogP) is 2.65. The minimum absolute atomic E-state index is 0. The lowest BCUT2D eigenvalue weighted by Gasteiger charge is -2.35. The molecule has 0 aliphatic carbocycles. The van der Waals surface area contributed by atoms with Gasteiger partial charge in [0, 0.05) is 13.1 Å². The number of aliphatic hydroxyl groups is 1. The maximum atomic E-state index is 12.9. The Hall–Kier alpha value is -1.07. The molecule has 0 bridgehead atoms. The van der Waals surface area contributed by atoms with Gasteiger partial charge in [0.1, 0.15) is 6.10 Å². The summed E-state index contributed by atoms with van der Waals surface area (Å²) in [6.07, 6.45) is -4.83. The highest BCUT2D eigenvalue weighted by Crippen LogP contribution is 2.32. The van der Waals surface area contributed by atoms with Crippen LogP contribution in [0.5, 0.6) is 0 Å². The van der Waals surface area contributed by atoms with Gasteiger partial charge < -0.3 is 20.1 Å². The van der Waals surface area contributed by atoms with E-state index in [9.17, 15) is 13.2 Å². The molecule has 25 heavy (non-hydrogen) atoms. The summed E-state index contributed by atoms with van der Waals surface area (Å²) in [5.74, 6) is 0.631. The summed E-state index contributed by atoms with van der Waals surface area (Å²) in [6.45, 7) is 4.19. The van der Waals surface area contributed by atoms with Gasteiger partial charge in [0.05, 0.1) is 31.9 Å². The summed E-state index contributed by atoms with van der Waals surface area (Å²) in [5, 5.41) is 12.1. The molecule has 1 heterocycles. The van der Waals surface area contributed by atoms with Crippen LogP contribution in [0.15, 0.2) is 29.3 Å². The Kier molecular flexibility index (Phi) is 8.94. The summed E-state index contributed by atoms with van der Waals surface area (Å²) in [7, 11) is 0. The Balaban J connectivity index is 0.00000312. The summed E-state index contributed by atoms with van der Waals surface area (Å²) < 4.78 is 44.3. The van der Waals surface area contributed by atoms with E-state index in [4.69, 9.17) is 9.84 Å². The Morgan fingerprint density at radius 3 is 2.84 bits per heavy atom. The molecule has 2 rings (SSSR count). The number of benzene rings is 1. The second kappa shape index (κ2) is 10.2. The maximum Gasteiger partial charge on any atom is 0.416 e. The first-order valence-corrected chi connectivity index (χ1v) is 7.88. The Morgan fingerprint density at radius 1 is 1.44 bits per heavy atom. The van der Waals surface area contributed by atoms with E-state index in [0.717, 1.165) is 12.1 Å². The van der Waals surface area contributed by atoms with Crippen LogP contribution in [0.1, 0.15) is 24.2 Å². The fraction of sp³-hybridized carbons (Fsp3) is 0.562. The highest BCUT2D eigenvalue weighted by Gasteiger charge is 2.32. The van der Waals surface area contributed by atoms with Crippen molar-refractivity contribution >= 4 is 29.9 Å². The average Bonchev–Trinajstić information content (AvgIpc) is 2.58. The molecule has 1 saturated heterocycles. The fourth-order valence-electron chi connectivity index (χ4n) is 2.54. The van der Waals surface area contributed by atoms with Gasteiger partial charge >= 0.3 is 6.18 Å². The number of nitrogens with zero attached hydrogens (tertiary/aromatic N) is 2. The lowest BCUT2D eigenvalue weighted by Crippen LogP contribution is -2.48. The van der Waals surface area contributed by atoms with Crippen molar-refractivity contribution in [2.24, 2.45) is 4.99 Å². The molecule has 142 valence electrons. The Bertz CT molecular complexity index is 570. The molecule has 0 spiro atoms. The fourth-order valence-corrected chi connectivity index (χ4v) is 2.54. The largest absolute Gasteiger partial charge is 0.416 e. The molecular formula is C16H23F3IN3O2. The zero-order valence-electron chi connectivity index (χ0n) is 13.9. The van der Waals surface area contributed by atoms with Crippen LogP contribution in [0.4, 0.5) is 13.2 Å². The highest BCUT2D eigenvalue weighted by atomic mass is 127. The van der Waals surface area contributed by atoms with Gasteiger partial charge in [-0.3, -0.25) is 4.99 Å². The van der Waals surface area contributed by atoms with Crippen LogP contribution in [0, 0.1) is 0 Å². The third kappa shape index (κ3) is 6.30. The molecular weight excluding hydrogens is 450 g/mol. The van der Waals surface area contributed by atoms with E-state index in [0.29, 0.717) is 37.8 Å². The molecule has 0 radical (unpaired) electrons. The van der Waals surface area contributed by atoms with Crippen molar-refractivity contribution in [3.63, 3.8) is 0 Å². The van der Waals surface area contributed by atoms with Crippen LogP contribution in [0.3, 0.4) is 0 Å². The van der Waals surface area contributed by atoms with Gasteiger partial charge in [0.15, 0.2) is 5.96 Å². The number of aliphatic hydroxyl groups excluding tert-OH is 1. The minimum Gasteiger partial charge on any atom is -0.394 e. The van der Waals surface area contributed by atoms with Crippen LogP contribution < -0.4 is 5.32 Å². The number of rotatable bonds is 4. The van der Waals surface area contributed by atoms with Crippen molar-refractivity contribution in [3.8, 4) is 0 Å². The lowest BCUT2D eigenvalue weighted by molar-refractivity contribution is -0.137. The first-order valence-electron chi connectivity index (χ1n) is 7.88. The minimum atomic E-state index is -4.37. The molecule has 1 fully saturated rings. The molecule has 9 heteroatoms. The standard InChI is InChI=1S/C16H22F3N3O2.HI/c1-2-20-15(21-6-8-23)22-7-9-24-14(11-22)12-4-3-5-13(10-12)16(17,18)19;/h3-5,10,14,23H,2,6-9,11H2,1H3,(H,20,21);1H. The van der Waals surface area contributed by atoms with Gasteiger partial charge in [-0.1, -0.05) is 12.1 Å². The van der Waals surface area contributed by atoms with Gasteiger partial charge in [-0.25, -0.2) is 0 Å². The zero-order chi connectivity index (χ0) is 17.6. The van der Waals surface area contributed by atoms with E-state index in [2.05, 4.69) is 10.3 Å². The van der Waals surface area contributed by atoms with E-state index in [1.807, 2.05) is 11.8 Å². The van der Waals surface area contributed by atoms with Crippen molar-refractivity contribution in [1.82, 2.24) is 10.2 Å². The van der Waals surface area contributed by atoms with Crippen LogP contribution in [0.25, 0.3) is 0 Å². The quantitative estimate of drug-likeness (QED) is 0.401. The molecule has 0 aromatic heterocycles. The molecule has 1 aromatic rings. The smallest absolute Gasteiger partial charge is 0.394 e. The average molecular weight is 473 g/mol. The number of aliphatic imine (C=N–C) groups is 1. The summed E-state index contributed by atoms with van der Waals surface area (Å²) in [6, 6.07) is 5.22. The Morgan fingerprint density at radius 2 is 2.20 bits per heavy atom. The van der Waals surface area contributed by atoms with Gasteiger partial charge in [-0.15, -0.1) is 24.0 Å². The van der Waals surface area contributed by atoms with E-state index in [1.54, 1.807) is 6.07 Å². The number of morpholine rings is 1. The second-order valence-electron chi connectivity index (χ2n) is 5.39. The molecule has 0 amide bonds. The first-order chi connectivity index (χ1) is 11.5. The molecule has 1 aromatic carbocycles. The van der Waals surface area contributed by atoms with Crippen LogP contribution in [-0.2, 0) is 10.9 Å². The highest BCUT2D eigenvalue weighted by molar-refractivity contribution is 14.0. The molecule has 1 aliphatic rings. The van der Waals surface area contributed by atoms with Crippen molar-refractivity contribution in [3.05, 3.63) is 35.4 Å². The van der Waals surface area contributed by atoms with E-state index < -0.39 is 17.8 Å².